The number of anilines is 1. The van der Waals surface area contributed by atoms with E-state index in [0.717, 1.165) is 65.6 Å². The summed E-state index contributed by atoms with van der Waals surface area (Å²) in [6.45, 7) is 2.61. The molecule has 3 aromatic rings. The van der Waals surface area contributed by atoms with Crippen LogP contribution in [0.5, 0.6) is 5.75 Å². The van der Waals surface area contributed by atoms with Crippen molar-refractivity contribution in [3.05, 3.63) is 54.4 Å². The zero-order valence-electron chi connectivity index (χ0n) is 21.4. The average Bonchev–Trinajstić information content (AvgIpc) is 2.89. The van der Waals surface area contributed by atoms with Gasteiger partial charge in [-0.2, -0.15) is 0 Å². The number of piperidine rings is 1. The summed E-state index contributed by atoms with van der Waals surface area (Å²) in [7, 11) is 5.71. The van der Waals surface area contributed by atoms with Crippen LogP contribution in [0.15, 0.2) is 53.8 Å². The van der Waals surface area contributed by atoms with Gasteiger partial charge in [0.2, 0.25) is 0 Å². The summed E-state index contributed by atoms with van der Waals surface area (Å²) in [6.07, 6.45) is 7.43. The summed E-state index contributed by atoms with van der Waals surface area (Å²) in [5, 5.41) is 12.3. The van der Waals surface area contributed by atoms with E-state index in [1.807, 2.05) is 62.9 Å². The van der Waals surface area contributed by atoms with Gasteiger partial charge < -0.3 is 19.6 Å². The standard InChI is InChI=1S/C28H36N4O3S/c1-31(2)25-20-30-24-10-9-21(35-3)19-23(24)22(25)7-6-11-28(27(33)34)12-15-32(16-13-28)17-18-36-26-8-4-5-14-29-26/h4-5,8-10,14,19-20H,6-7,11-13,15-18H2,1-3H3,(H,33,34). The molecule has 0 atom stereocenters. The minimum Gasteiger partial charge on any atom is -0.497 e. The van der Waals surface area contributed by atoms with E-state index in [1.54, 1.807) is 18.9 Å². The fraction of sp³-hybridized carbons (Fsp3) is 0.464. The number of carbonyl (C=O) groups is 1. The van der Waals surface area contributed by atoms with Crippen LogP contribution in [-0.2, 0) is 11.2 Å². The lowest BCUT2D eigenvalue weighted by Crippen LogP contribution is -2.45. The summed E-state index contributed by atoms with van der Waals surface area (Å²) in [6, 6.07) is 11.9. The van der Waals surface area contributed by atoms with Gasteiger partial charge in [-0.3, -0.25) is 9.78 Å². The number of hydrogen-bond acceptors (Lipinski definition) is 7. The van der Waals surface area contributed by atoms with Gasteiger partial charge in [-0.15, -0.1) is 11.8 Å². The van der Waals surface area contributed by atoms with Crippen molar-refractivity contribution in [2.75, 3.05) is 51.5 Å². The van der Waals surface area contributed by atoms with Crippen molar-refractivity contribution in [1.82, 2.24) is 14.9 Å². The Bertz CT molecular complexity index is 1160. The van der Waals surface area contributed by atoms with E-state index >= 15 is 0 Å². The molecule has 4 rings (SSSR count). The number of aromatic nitrogens is 2. The maximum atomic E-state index is 12.4. The largest absolute Gasteiger partial charge is 0.497 e. The molecule has 0 amide bonds. The van der Waals surface area contributed by atoms with Gasteiger partial charge in [0, 0.05) is 38.0 Å². The molecule has 36 heavy (non-hydrogen) atoms. The predicted octanol–water partition coefficient (Wildman–Crippen LogP) is 4.99. The highest BCUT2D eigenvalue weighted by atomic mass is 32.2. The Labute approximate surface area is 217 Å². The maximum Gasteiger partial charge on any atom is 0.309 e. The normalized spacial score (nSPS) is 15.6. The minimum absolute atomic E-state index is 0.649. The molecule has 0 aliphatic carbocycles. The smallest absolute Gasteiger partial charge is 0.309 e. The Kier molecular flexibility index (Phi) is 8.69. The van der Waals surface area contributed by atoms with E-state index < -0.39 is 11.4 Å². The number of pyridine rings is 2. The van der Waals surface area contributed by atoms with Crippen molar-refractivity contribution < 1.29 is 14.6 Å². The van der Waals surface area contributed by atoms with Gasteiger partial charge >= 0.3 is 5.97 Å². The molecule has 8 heteroatoms. The second-order valence-electron chi connectivity index (χ2n) is 9.70. The third-order valence-corrected chi connectivity index (χ3v) is 8.21. The lowest BCUT2D eigenvalue weighted by Gasteiger charge is -2.39. The third kappa shape index (κ3) is 6.10. The van der Waals surface area contributed by atoms with E-state index in [4.69, 9.17) is 4.74 Å². The number of carboxylic acids is 1. The SMILES string of the molecule is COc1ccc2ncc(N(C)C)c(CCCC3(C(=O)O)CCN(CCSc4ccccn4)CC3)c2c1. The first kappa shape index (κ1) is 26.2. The molecule has 1 saturated heterocycles. The number of benzene rings is 1. The van der Waals surface area contributed by atoms with Crippen molar-refractivity contribution >= 4 is 34.3 Å². The Morgan fingerprint density at radius 3 is 2.67 bits per heavy atom. The highest BCUT2D eigenvalue weighted by molar-refractivity contribution is 7.99. The number of fused-ring (bicyclic) bond motifs is 1. The van der Waals surface area contributed by atoms with E-state index in [0.29, 0.717) is 19.3 Å². The summed E-state index contributed by atoms with van der Waals surface area (Å²) >= 11 is 1.75. The predicted molar refractivity (Wildman–Crippen MR) is 146 cm³/mol. The zero-order chi connectivity index (χ0) is 25.5. The van der Waals surface area contributed by atoms with Crippen LogP contribution in [0, 0.1) is 5.41 Å². The van der Waals surface area contributed by atoms with Gasteiger partial charge in [0.1, 0.15) is 5.75 Å². The molecule has 1 N–H and O–H groups in total. The van der Waals surface area contributed by atoms with Crippen molar-refractivity contribution in [1.29, 1.82) is 0 Å². The van der Waals surface area contributed by atoms with Gasteiger partial charge in [-0.1, -0.05) is 6.07 Å². The number of methoxy groups -OCH3 is 1. The third-order valence-electron chi connectivity index (χ3n) is 7.29. The monoisotopic (exact) mass is 508 g/mol. The highest BCUT2D eigenvalue weighted by Crippen LogP contribution is 2.38. The topological polar surface area (TPSA) is 78.8 Å². The Balaban J connectivity index is 1.38. The molecule has 1 aliphatic heterocycles. The van der Waals surface area contributed by atoms with Crippen LogP contribution in [0.4, 0.5) is 5.69 Å². The molecule has 0 unspecified atom stereocenters. The van der Waals surface area contributed by atoms with Crippen LogP contribution < -0.4 is 9.64 Å². The number of thioether (sulfide) groups is 1. The van der Waals surface area contributed by atoms with E-state index in [1.165, 1.54) is 5.56 Å². The molecular weight excluding hydrogens is 472 g/mol. The van der Waals surface area contributed by atoms with Gasteiger partial charge in [-0.25, -0.2) is 4.98 Å². The molecule has 0 bridgehead atoms. The van der Waals surface area contributed by atoms with E-state index in [2.05, 4.69) is 19.8 Å². The number of hydrogen-bond donors (Lipinski definition) is 1. The molecule has 2 aromatic heterocycles. The second kappa shape index (κ2) is 11.9. The summed E-state index contributed by atoms with van der Waals surface area (Å²) < 4.78 is 5.46. The van der Waals surface area contributed by atoms with Gasteiger partial charge in [0.15, 0.2) is 0 Å². The van der Waals surface area contributed by atoms with E-state index in [9.17, 15) is 9.90 Å². The zero-order valence-corrected chi connectivity index (χ0v) is 22.3. The number of carboxylic acid groups (broad SMARTS) is 1. The lowest BCUT2D eigenvalue weighted by molar-refractivity contribution is -0.152. The Morgan fingerprint density at radius 1 is 1.19 bits per heavy atom. The number of likely N-dealkylation sites (tertiary alicyclic amines) is 1. The number of aliphatic carboxylic acids is 1. The van der Waals surface area contributed by atoms with Crippen molar-refractivity contribution in [2.45, 2.75) is 37.1 Å². The van der Waals surface area contributed by atoms with Crippen LogP contribution in [0.3, 0.4) is 0 Å². The van der Waals surface area contributed by atoms with E-state index in [-0.39, 0.29) is 0 Å². The average molecular weight is 509 g/mol. The van der Waals surface area contributed by atoms with Crippen LogP contribution in [0.1, 0.15) is 31.2 Å². The Morgan fingerprint density at radius 2 is 2.00 bits per heavy atom. The highest BCUT2D eigenvalue weighted by Gasteiger charge is 2.40. The molecule has 1 aliphatic rings. The Hall–Kier alpha value is -2.84. The molecule has 7 nitrogen and oxygen atoms in total. The summed E-state index contributed by atoms with van der Waals surface area (Å²) in [5.41, 5.74) is 2.55. The molecule has 3 heterocycles. The fourth-order valence-electron chi connectivity index (χ4n) is 5.08. The van der Waals surface area contributed by atoms with Crippen LogP contribution in [0.25, 0.3) is 10.9 Å². The number of ether oxygens (including phenoxy) is 1. The van der Waals surface area contributed by atoms with Crippen molar-refractivity contribution in [2.24, 2.45) is 5.41 Å². The quantitative estimate of drug-likeness (QED) is 0.363. The molecule has 0 radical (unpaired) electrons. The van der Waals surface area contributed by atoms with Gasteiger partial charge in [-0.05, 0) is 81.1 Å². The van der Waals surface area contributed by atoms with Crippen molar-refractivity contribution in [3.63, 3.8) is 0 Å². The minimum atomic E-state index is -0.654. The number of aryl methyl sites for hydroxylation is 1. The van der Waals surface area contributed by atoms with Crippen molar-refractivity contribution in [3.8, 4) is 5.75 Å². The molecule has 192 valence electrons. The first-order valence-electron chi connectivity index (χ1n) is 12.5. The van der Waals surface area contributed by atoms with Crippen LogP contribution in [-0.4, -0.2) is 72.5 Å². The summed E-state index contributed by atoms with van der Waals surface area (Å²) in [5.74, 6) is 1.11. The molecule has 0 saturated carbocycles. The summed E-state index contributed by atoms with van der Waals surface area (Å²) in [4.78, 5) is 25.9. The first-order valence-corrected chi connectivity index (χ1v) is 13.5. The molecule has 1 aromatic carbocycles. The van der Waals surface area contributed by atoms with Crippen LogP contribution >= 0.6 is 11.8 Å². The number of nitrogens with zero attached hydrogens (tertiary/aromatic N) is 4. The molecular formula is C28H36N4O3S. The van der Waals surface area contributed by atoms with Crippen LogP contribution in [0.2, 0.25) is 0 Å². The molecule has 0 spiro atoms. The fourth-order valence-corrected chi connectivity index (χ4v) is 5.95. The lowest BCUT2D eigenvalue weighted by atomic mass is 9.74. The molecule has 1 fully saturated rings. The maximum absolute atomic E-state index is 12.4. The van der Waals surface area contributed by atoms with Gasteiger partial charge in [0.25, 0.3) is 0 Å². The van der Waals surface area contributed by atoms with Gasteiger partial charge in [0.05, 0.1) is 35.0 Å². The first-order chi connectivity index (χ1) is 17.4. The number of rotatable bonds is 11. The second-order valence-corrected chi connectivity index (χ2v) is 10.8.